The van der Waals surface area contributed by atoms with Crippen LogP contribution in [-0.2, 0) is 0 Å². The van der Waals surface area contributed by atoms with Gasteiger partial charge >= 0.3 is 6.03 Å². The summed E-state index contributed by atoms with van der Waals surface area (Å²) in [5, 5.41) is 9.39. The first kappa shape index (κ1) is 17.1. The molecule has 1 aromatic heterocycles. The van der Waals surface area contributed by atoms with E-state index in [4.69, 9.17) is 0 Å². The second-order valence-corrected chi connectivity index (χ2v) is 6.56. The van der Waals surface area contributed by atoms with Crippen molar-refractivity contribution in [3.63, 3.8) is 0 Å². The van der Waals surface area contributed by atoms with Gasteiger partial charge in [-0.1, -0.05) is 42.5 Å². The Kier molecular flexibility index (Phi) is 4.74. The fraction of sp³-hybridized carbons (Fsp3) is 0.250. The summed E-state index contributed by atoms with van der Waals surface area (Å²) in [4.78, 5) is 20.5. The normalized spacial score (nSPS) is 14.3. The average molecular weight is 362 g/mol. The fourth-order valence-corrected chi connectivity index (χ4v) is 3.24. The van der Waals surface area contributed by atoms with Crippen LogP contribution in [0.1, 0.15) is 5.82 Å². The first-order valence-electron chi connectivity index (χ1n) is 9.04. The Morgan fingerprint density at radius 1 is 0.963 bits per heavy atom. The summed E-state index contributed by atoms with van der Waals surface area (Å²) in [5.41, 5.74) is 3.60. The zero-order valence-corrected chi connectivity index (χ0v) is 15.2. The molecule has 1 fully saturated rings. The molecule has 27 heavy (non-hydrogen) atoms. The minimum absolute atomic E-state index is 0.159. The summed E-state index contributed by atoms with van der Waals surface area (Å²) < 4.78 is 0. The van der Waals surface area contributed by atoms with Crippen molar-refractivity contribution in [3.05, 3.63) is 60.4 Å². The second-order valence-electron chi connectivity index (χ2n) is 6.56. The van der Waals surface area contributed by atoms with Crippen molar-refractivity contribution in [2.75, 3.05) is 36.4 Å². The number of rotatable bonds is 3. The smallest absolute Gasteiger partial charge is 0.324 e. The van der Waals surface area contributed by atoms with Crippen LogP contribution < -0.4 is 10.2 Å². The molecule has 4 rings (SSSR count). The lowest BCUT2D eigenvalue weighted by Gasteiger charge is -2.35. The number of carbonyl (C=O) groups is 1. The maximum absolute atomic E-state index is 12.3. The maximum atomic E-state index is 12.3. The Morgan fingerprint density at radius 3 is 2.26 bits per heavy atom. The van der Waals surface area contributed by atoms with Gasteiger partial charge in [0.15, 0.2) is 0 Å². The van der Waals surface area contributed by atoms with E-state index in [0.717, 1.165) is 13.1 Å². The van der Waals surface area contributed by atoms with Gasteiger partial charge in [0.25, 0.3) is 0 Å². The van der Waals surface area contributed by atoms with Crippen LogP contribution in [0.15, 0.2) is 54.6 Å². The number of H-pyrrole nitrogens is 1. The van der Waals surface area contributed by atoms with Crippen molar-refractivity contribution in [3.8, 4) is 11.1 Å². The molecule has 2 aromatic carbocycles. The first-order valence-corrected chi connectivity index (χ1v) is 9.04. The molecular formula is C20H22N6O. The third kappa shape index (κ3) is 3.92. The summed E-state index contributed by atoms with van der Waals surface area (Å²) in [6, 6.07) is 18.8. The number of nitrogens with one attached hydrogen (secondary N) is 2. The van der Waals surface area contributed by atoms with Gasteiger partial charge in [-0.2, -0.15) is 4.98 Å². The van der Waals surface area contributed by atoms with Gasteiger partial charge in [0.1, 0.15) is 5.82 Å². The first-order chi connectivity index (χ1) is 13.2. The van der Waals surface area contributed by atoms with Crippen LogP contribution in [0.5, 0.6) is 0 Å². The Morgan fingerprint density at radius 2 is 1.63 bits per heavy atom. The minimum Gasteiger partial charge on any atom is -0.368 e. The van der Waals surface area contributed by atoms with Crippen molar-refractivity contribution in [2.24, 2.45) is 0 Å². The van der Waals surface area contributed by atoms with E-state index in [2.05, 4.69) is 61.8 Å². The third-order valence-electron chi connectivity index (χ3n) is 4.72. The number of nitrogens with zero attached hydrogens (tertiary/aromatic N) is 4. The molecule has 0 atom stereocenters. The molecule has 0 spiro atoms. The summed E-state index contributed by atoms with van der Waals surface area (Å²) in [6.07, 6.45) is 0. The summed E-state index contributed by atoms with van der Waals surface area (Å²) >= 11 is 0. The molecule has 7 nitrogen and oxygen atoms in total. The monoisotopic (exact) mass is 362 g/mol. The molecule has 7 heteroatoms. The third-order valence-corrected chi connectivity index (χ3v) is 4.72. The minimum atomic E-state index is -0.159. The van der Waals surface area contributed by atoms with Crippen LogP contribution >= 0.6 is 0 Å². The second kappa shape index (κ2) is 7.49. The number of hydrogen-bond donors (Lipinski definition) is 2. The highest BCUT2D eigenvalue weighted by atomic mass is 16.2. The lowest BCUT2D eigenvalue weighted by Crippen LogP contribution is -2.50. The molecule has 0 bridgehead atoms. The van der Waals surface area contributed by atoms with Crippen molar-refractivity contribution < 1.29 is 4.79 Å². The number of piperazine rings is 1. The molecule has 1 saturated heterocycles. The molecule has 138 valence electrons. The van der Waals surface area contributed by atoms with Gasteiger partial charge in [-0.3, -0.25) is 10.4 Å². The SMILES string of the molecule is Cc1nc(NC(=O)N2CCN(c3ccc(-c4ccccc4)cc3)CC2)n[nH]1. The number of urea groups is 1. The van der Waals surface area contributed by atoms with Crippen LogP contribution in [0.3, 0.4) is 0 Å². The van der Waals surface area contributed by atoms with Crippen LogP contribution in [0, 0.1) is 6.92 Å². The number of aromatic nitrogens is 3. The van der Waals surface area contributed by atoms with E-state index < -0.39 is 0 Å². The van der Waals surface area contributed by atoms with Gasteiger partial charge in [-0.25, -0.2) is 4.79 Å². The number of amides is 2. The number of aromatic amines is 1. The molecule has 0 radical (unpaired) electrons. The van der Waals surface area contributed by atoms with Gasteiger partial charge in [0, 0.05) is 31.9 Å². The molecule has 0 aliphatic carbocycles. The van der Waals surface area contributed by atoms with E-state index >= 15 is 0 Å². The average Bonchev–Trinajstić information content (AvgIpc) is 3.13. The van der Waals surface area contributed by atoms with Gasteiger partial charge in [0.2, 0.25) is 5.95 Å². The predicted octanol–water partition coefficient (Wildman–Crippen LogP) is 3.13. The Bertz CT molecular complexity index is 898. The number of hydrogen-bond acceptors (Lipinski definition) is 4. The predicted molar refractivity (Wildman–Crippen MR) is 106 cm³/mol. The summed E-state index contributed by atoms with van der Waals surface area (Å²) in [6.45, 7) is 4.71. The number of carbonyl (C=O) groups excluding carboxylic acids is 1. The fourth-order valence-electron chi connectivity index (χ4n) is 3.24. The number of aryl methyl sites for hydroxylation is 1. The van der Waals surface area contributed by atoms with E-state index in [0.29, 0.717) is 24.9 Å². The molecule has 1 aliphatic heterocycles. The lowest BCUT2D eigenvalue weighted by atomic mass is 10.1. The topological polar surface area (TPSA) is 77.2 Å². The van der Waals surface area contributed by atoms with Gasteiger partial charge < -0.3 is 9.80 Å². The van der Waals surface area contributed by atoms with Crippen LogP contribution in [0.2, 0.25) is 0 Å². The molecule has 1 aliphatic rings. The number of benzene rings is 2. The van der Waals surface area contributed by atoms with E-state index in [1.54, 1.807) is 11.8 Å². The van der Waals surface area contributed by atoms with Crippen molar-refractivity contribution in [1.82, 2.24) is 20.1 Å². The molecular weight excluding hydrogens is 340 g/mol. The highest BCUT2D eigenvalue weighted by Gasteiger charge is 2.22. The highest BCUT2D eigenvalue weighted by Crippen LogP contribution is 2.23. The van der Waals surface area contributed by atoms with Crippen molar-refractivity contribution in [2.45, 2.75) is 6.92 Å². The van der Waals surface area contributed by atoms with Gasteiger partial charge in [-0.15, -0.1) is 5.10 Å². The van der Waals surface area contributed by atoms with Crippen LogP contribution in [0.4, 0.5) is 16.4 Å². The van der Waals surface area contributed by atoms with Crippen LogP contribution in [0.25, 0.3) is 11.1 Å². The molecule has 2 N–H and O–H groups in total. The summed E-state index contributed by atoms with van der Waals surface area (Å²) in [7, 11) is 0. The number of anilines is 2. The van der Waals surface area contributed by atoms with Crippen molar-refractivity contribution >= 4 is 17.7 Å². The van der Waals surface area contributed by atoms with E-state index in [9.17, 15) is 4.79 Å². The standard InChI is InChI=1S/C20H22N6O/c1-15-21-19(24-23-15)22-20(27)26-13-11-25(12-14-26)18-9-7-17(8-10-18)16-5-3-2-4-6-16/h2-10H,11-14H2,1H3,(H2,21,22,23,24,27). The van der Waals surface area contributed by atoms with Gasteiger partial charge in [-0.05, 0) is 30.2 Å². The quantitative estimate of drug-likeness (QED) is 0.750. The largest absolute Gasteiger partial charge is 0.368 e. The van der Waals surface area contributed by atoms with Crippen molar-refractivity contribution in [1.29, 1.82) is 0 Å². The Balaban J connectivity index is 1.34. The molecule has 0 saturated carbocycles. The Labute approximate surface area is 158 Å². The zero-order chi connectivity index (χ0) is 18.6. The molecule has 2 amide bonds. The highest BCUT2D eigenvalue weighted by molar-refractivity contribution is 5.87. The molecule has 0 unspecified atom stereocenters. The van der Waals surface area contributed by atoms with Crippen LogP contribution in [-0.4, -0.2) is 52.3 Å². The van der Waals surface area contributed by atoms with Gasteiger partial charge in [0.05, 0.1) is 0 Å². The molecule has 2 heterocycles. The lowest BCUT2D eigenvalue weighted by molar-refractivity contribution is 0.208. The van der Waals surface area contributed by atoms with E-state index in [-0.39, 0.29) is 6.03 Å². The van der Waals surface area contributed by atoms with E-state index in [1.165, 1.54) is 16.8 Å². The maximum Gasteiger partial charge on any atom is 0.324 e. The summed E-state index contributed by atoms with van der Waals surface area (Å²) in [5.74, 6) is 0.991. The molecule has 3 aromatic rings. The Hall–Kier alpha value is -3.35. The van der Waals surface area contributed by atoms with E-state index in [1.807, 2.05) is 18.2 Å². The zero-order valence-electron chi connectivity index (χ0n) is 15.2.